The Morgan fingerprint density at radius 2 is 1.77 bits per heavy atom. The van der Waals surface area contributed by atoms with E-state index in [1.807, 2.05) is 60.3 Å². The van der Waals surface area contributed by atoms with Crippen LogP contribution >= 0.6 is 23.2 Å². The minimum atomic E-state index is -0.154. The molecule has 0 aliphatic rings. The summed E-state index contributed by atoms with van der Waals surface area (Å²) in [5, 5.41) is 16.9. The predicted molar refractivity (Wildman–Crippen MR) is 142 cm³/mol. The summed E-state index contributed by atoms with van der Waals surface area (Å²) in [5.74, 6) is 0. The van der Waals surface area contributed by atoms with Crippen LogP contribution in [0.15, 0.2) is 91.4 Å². The molecular formula is C29H22Cl2N4. The largest absolute Gasteiger partial charge is 0.336 e. The standard InChI is InChI=1S/C29H22Cl2N4/c1-35-18-33-17-28(35)29(34-16-19-9-12-26(30)27(31)13-19)21-10-11-22(15-32)25(14-21)24-8-4-6-20-5-2-3-7-23(20)24/h2-14,17-18,29,34H,16H2,1H3. The van der Waals surface area contributed by atoms with Gasteiger partial charge in [-0.3, -0.25) is 0 Å². The predicted octanol–water partition coefficient (Wildman–Crippen LogP) is 7.30. The molecule has 0 radical (unpaired) electrons. The third-order valence-electron chi connectivity index (χ3n) is 6.22. The third kappa shape index (κ3) is 4.67. The molecule has 1 unspecified atom stereocenters. The molecule has 1 aromatic heterocycles. The molecule has 0 saturated heterocycles. The first-order valence-electron chi connectivity index (χ1n) is 11.2. The number of imidazole rings is 1. The minimum Gasteiger partial charge on any atom is -0.336 e. The molecule has 172 valence electrons. The molecule has 4 aromatic carbocycles. The lowest BCUT2D eigenvalue weighted by Gasteiger charge is -2.21. The molecule has 0 aliphatic carbocycles. The van der Waals surface area contributed by atoms with Crippen LogP contribution in [0.3, 0.4) is 0 Å². The van der Waals surface area contributed by atoms with Gasteiger partial charge in [0.15, 0.2) is 0 Å². The molecule has 0 aliphatic heterocycles. The molecule has 1 atom stereocenters. The van der Waals surface area contributed by atoms with Gasteiger partial charge in [0.05, 0.1) is 45.9 Å². The number of benzene rings is 4. The smallest absolute Gasteiger partial charge is 0.0998 e. The Kier molecular flexibility index (Phi) is 6.57. The first kappa shape index (κ1) is 23.1. The van der Waals surface area contributed by atoms with E-state index >= 15 is 0 Å². The van der Waals surface area contributed by atoms with E-state index in [4.69, 9.17) is 23.2 Å². The average molecular weight is 497 g/mol. The molecule has 1 heterocycles. The molecule has 6 heteroatoms. The monoisotopic (exact) mass is 496 g/mol. The molecule has 1 N–H and O–H groups in total. The second-order valence-corrected chi connectivity index (χ2v) is 9.25. The fraction of sp³-hybridized carbons (Fsp3) is 0.103. The number of hydrogen-bond donors (Lipinski definition) is 1. The Balaban J connectivity index is 1.59. The number of halogens is 2. The SMILES string of the molecule is Cn1cncc1C(NCc1ccc(Cl)c(Cl)c1)c1ccc(C#N)c(-c2cccc3ccccc23)c1. The quantitative estimate of drug-likeness (QED) is 0.268. The minimum absolute atomic E-state index is 0.154. The molecule has 5 aromatic rings. The van der Waals surface area contributed by atoms with Crippen molar-refractivity contribution in [1.29, 1.82) is 5.26 Å². The molecule has 0 amide bonds. The van der Waals surface area contributed by atoms with Crippen LogP contribution < -0.4 is 5.32 Å². The highest BCUT2D eigenvalue weighted by Gasteiger charge is 2.20. The van der Waals surface area contributed by atoms with Crippen molar-refractivity contribution in [2.45, 2.75) is 12.6 Å². The van der Waals surface area contributed by atoms with Crippen LogP contribution in [0.1, 0.15) is 28.4 Å². The summed E-state index contributed by atoms with van der Waals surface area (Å²) in [6.45, 7) is 0.580. The van der Waals surface area contributed by atoms with E-state index in [9.17, 15) is 5.26 Å². The summed E-state index contributed by atoms with van der Waals surface area (Å²) in [7, 11) is 1.98. The summed E-state index contributed by atoms with van der Waals surface area (Å²) >= 11 is 12.3. The van der Waals surface area contributed by atoms with E-state index in [0.717, 1.165) is 38.7 Å². The maximum absolute atomic E-state index is 9.91. The van der Waals surface area contributed by atoms with Crippen molar-refractivity contribution < 1.29 is 0 Å². The van der Waals surface area contributed by atoms with Crippen LogP contribution in [0.25, 0.3) is 21.9 Å². The van der Waals surface area contributed by atoms with Crippen LogP contribution in [0.4, 0.5) is 0 Å². The molecule has 5 rings (SSSR count). The summed E-state index contributed by atoms with van der Waals surface area (Å²) in [6.07, 6.45) is 3.65. The van der Waals surface area contributed by atoms with Crippen LogP contribution in [0.5, 0.6) is 0 Å². The summed E-state index contributed by atoms with van der Waals surface area (Å²) in [6, 6.07) is 28.3. The summed E-state index contributed by atoms with van der Waals surface area (Å²) in [5.41, 5.74) is 5.65. The number of hydrogen-bond acceptors (Lipinski definition) is 3. The maximum Gasteiger partial charge on any atom is 0.0998 e. The number of nitrogens with one attached hydrogen (secondary N) is 1. The fourth-order valence-electron chi connectivity index (χ4n) is 4.43. The van der Waals surface area contributed by atoms with Crippen molar-refractivity contribution >= 4 is 34.0 Å². The molecule has 4 nitrogen and oxygen atoms in total. The van der Waals surface area contributed by atoms with Gasteiger partial charge in [-0.1, -0.05) is 77.8 Å². The van der Waals surface area contributed by atoms with Gasteiger partial charge in [0, 0.05) is 19.2 Å². The van der Waals surface area contributed by atoms with Gasteiger partial charge in [0.2, 0.25) is 0 Å². The molecule has 35 heavy (non-hydrogen) atoms. The van der Waals surface area contributed by atoms with E-state index in [2.05, 4.69) is 46.7 Å². The van der Waals surface area contributed by atoms with Gasteiger partial charge in [0.1, 0.15) is 0 Å². The van der Waals surface area contributed by atoms with Crippen molar-refractivity contribution in [3.8, 4) is 17.2 Å². The Morgan fingerprint density at radius 1 is 0.943 bits per heavy atom. The second-order valence-electron chi connectivity index (χ2n) is 8.44. The first-order valence-corrected chi connectivity index (χ1v) is 12.0. The Hall–Kier alpha value is -3.62. The average Bonchev–Trinajstić information content (AvgIpc) is 3.31. The molecular weight excluding hydrogens is 475 g/mol. The molecule has 0 spiro atoms. The Labute approximate surface area is 214 Å². The van der Waals surface area contributed by atoms with Crippen molar-refractivity contribution in [3.63, 3.8) is 0 Å². The summed E-state index contributed by atoms with van der Waals surface area (Å²) in [4.78, 5) is 4.34. The lowest BCUT2D eigenvalue weighted by molar-refractivity contribution is 0.573. The number of aromatic nitrogens is 2. The highest BCUT2D eigenvalue weighted by atomic mass is 35.5. The van der Waals surface area contributed by atoms with Gasteiger partial charge in [-0.15, -0.1) is 0 Å². The van der Waals surface area contributed by atoms with Crippen LogP contribution in [0, 0.1) is 11.3 Å². The highest BCUT2D eigenvalue weighted by molar-refractivity contribution is 6.42. The highest BCUT2D eigenvalue weighted by Crippen LogP contribution is 2.34. The lowest BCUT2D eigenvalue weighted by Crippen LogP contribution is -2.24. The van der Waals surface area contributed by atoms with E-state index in [0.29, 0.717) is 22.2 Å². The van der Waals surface area contributed by atoms with E-state index in [-0.39, 0.29) is 6.04 Å². The Morgan fingerprint density at radius 3 is 2.54 bits per heavy atom. The zero-order chi connectivity index (χ0) is 24.4. The number of rotatable bonds is 6. The second kappa shape index (κ2) is 9.93. The lowest BCUT2D eigenvalue weighted by atomic mass is 9.91. The van der Waals surface area contributed by atoms with Crippen molar-refractivity contribution in [3.05, 3.63) is 124 Å². The number of nitrogens with zero attached hydrogens (tertiary/aromatic N) is 3. The number of fused-ring (bicyclic) bond motifs is 1. The van der Waals surface area contributed by atoms with Gasteiger partial charge >= 0.3 is 0 Å². The number of nitriles is 1. The zero-order valence-electron chi connectivity index (χ0n) is 19.0. The number of aryl methyl sites for hydroxylation is 1. The van der Waals surface area contributed by atoms with Gasteiger partial charge in [0.25, 0.3) is 0 Å². The van der Waals surface area contributed by atoms with Crippen molar-refractivity contribution in [2.75, 3.05) is 0 Å². The van der Waals surface area contributed by atoms with Gasteiger partial charge in [-0.05, 0) is 51.7 Å². The van der Waals surface area contributed by atoms with Gasteiger partial charge < -0.3 is 9.88 Å². The van der Waals surface area contributed by atoms with Crippen LogP contribution in [-0.4, -0.2) is 9.55 Å². The topological polar surface area (TPSA) is 53.6 Å². The third-order valence-corrected chi connectivity index (χ3v) is 6.96. The Bertz CT molecular complexity index is 1560. The van der Waals surface area contributed by atoms with Crippen LogP contribution in [-0.2, 0) is 13.6 Å². The fourth-order valence-corrected chi connectivity index (χ4v) is 4.75. The van der Waals surface area contributed by atoms with Crippen molar-refractivity contribution in [2.24, 2.45) is 7.05 Å². The van der Waals surface area contributed by atoms with E-state index < -0.39 is 0 Å². The normalized spacial score (nSPS) is 11.9. The molecule has 0 bridgehead atoms. The zero-order valence-corrected chi connectivity index (χ0v) is 20.6. The summed E-state index contributed by atoms with van der Waals surface area (Å²) < 4.78 is 2.00. The van der Waals surface area contributed by atoms with Gasteiger partial charge in [-0.25, -0.2) is 4.98 Å². The maximum atomic E-state index is 9.91. The first-order chi connectivity index (χ1) is 17.0. The van der Waals surface area contributed by atoms with E-state index in [1.54, 1.807) is 12.4 Å². The van der Waals surface area contributed by atoms with Gasteiger partial charge in [-0.2, -0.15) is 5.26 Å². The van der Waals surface area contributed by atoms with Crippen molar-refractivity contribution in [1.82, 2.24) is 14.9 Å². The van der Waals surface area contributed by atoms with E-state index in [1.165, 1.54) is 0 Å². The molecule has 0 fully saturated rings. The molecule has 0 saturated carbocycles. The van der Waals surface area contributed by atoms with Crippen LogP contribution in [0.2, 0.25) is 10.0 Å².